The lowest BCUT2D eigenvalue weighted by atomic mass is 9.97. The third-order valence-electron chi connectivity index (χ3n) is 5.94. The van der Waals surface area contributed by atoms with E-state index in [-0.39, 0.29) is 11.8 Å². The molecular weight excluding hydrogens is 362 g/mol. The first-order valence-electron chi connectivity index (χ1n) is 10.9. The standard InChI is InChI=1S/C24H33N3O2/c1-3-4-6-13-20-23(19-11-7-5-8-12-19)22(24(25)29)18(2)27(20)17-10-16-26-15-9-14-21(26)28/h5,7-8,11-12H,3-4,6,9-10,13-17H2,1-2H3,(H2,25,29). The van der Waals surface area contributed by atoms with Crippen LogP contribution >= 0.6 is 0 Å². The number of hydrogen-bond donors (Lipinski definition) is 1. The summed E-state index contributed by atoms with van der Waals surface area (Å²) < 4.78 is 2.28. The predicted molar refractivity (Wildman–Crippen MR) is 117 cm³/mol. The second kappa shape index (κ2) is 9.77. The smallest absolute Gasteiger partial charge is 0.251 e. The van der Waals surface area contributed by atoms with Gasteiger partial charge in [-0.25, -0.2) is 0 Å². The summed E-state index contributed by atoms with van der Waals surface area (Å²) in [7, 11) is 0. The van der Waals surface area contributed by atoms with Gasteiger partial charge in [-0.05, 0) is 38.2 Å². The van der Waals surface area contributed by atoms with Crippen molar-refractivity contribution in [3.8, 4) is 11.1 Å². The van der Waals surface area contributed by atoms with Crippen LogP contribution in [0.4, 0.5) is 0 Å². The maximum atomic E-state index is 12.4. The molecule has 29 heavy (non-hydrogen) atoms. The number of nitrogens with zero attached hydrogens (tertiary/aromatic N) is 2. The van der Waals surface area contributed by atoms with Gasteiger partial charge in [-0.3, -0.25) is 9.59 Å². The molecule has 5 nitrogen and oxygen atoms in total. The van der Waals surface area contributed by atoms with Crippen molar-refractivity contribution in [2.45, 2.75) is 65.3 Å². The second-order valence-electron chi connectivity index (χ2n) is 7.96. The van der Waals surface area contributed by atoms with Gasteiger partial charge in [0.25, 0.3) is 5.91 Å². The molecule has 1 fully saturated rings. The molecule has 2 heterocycles. The Labute approximate surface area is 173 Å². The summed E-state index contributed by atoms with van der Waals surface area (Å²) in [5.74, 6) is -0.105. The Balaban J connectivity index is 1.94. The highest BCUT2D eigenvalue weighted by Crippen LogP contribution is 2.34. The molecule has 0 radical (unpaired) electrons. The van der Waals surface area contributed by atoms with Gasteiger partial charge in [0.1, 0.15) is 0 Å². The van der Waals surface area contributed by atoms with E-state index in [1.807, 2.05) is 30.0 Å². The van der Waals surface area contributed by atoms with Gasteiger partial charge in [0.15, 0.2) is 0 Å². The maximum absolute atomic E-state index is 12.4. The van der Waals surface area contributed by atoms with Crippen LogP contribution < -0.4 is 5.73 Å². The van der Waals surface area contributed by atoms with Crippen molar-refractivity contribution in [1.29, 1.82) is 0 Å². The Morgan fingerprint density at radius 3 is 2.48 bits per heavy atom. The third-order valence-corrected chi connectivity index (χ3v) is 5.94. The number of carbonyl (C=O) groups excluding carboxylic acids is 2. The van der Waals surface area contributed by atoms with E-state index >= 15 is 0 Å². The van der Waals surface area contributed by atoms with Crippen LogP contribution in [0.25, 0.3) is 11.1 Å². The van der Waals surface area contributed by atoms with E-state index in [0.29, 0.717) is 12.0 Å². The van der Waals surface area contributed by atoms with Gasteiger partial charge in [-0.1, -0.05) is 50.1 Å². The highest BCUT2D eigenvalue weighted by atomic mass is 16.2. The average Bonchev–Trinajstić information content (AvgIpc) is 3.24. The molecular formula is C24H33N3O2. The highest BCUT2D eigenvalue weighted by Gasteiger charge is 2.25. The minimum atomic E-state index is -0.369. The molecule has 1 saturated heterocycles. The van der Waals surface area contributed by atoms with E-state index in [4.69, 9.17) is 5.73 Å². The molecule has 0 bridgehead atoms. The van der Waals surface area contributed by atoms with Gasteiger partial charge >= 0.3 is 0 Å². The van der Waals surface area contributed by atoms with Crippen molar-refractivity contribution >= 4 is 11.8 Å². The molecule has 2 aromatic rings. The Bertz CT molecular complexity index is 855. The molecule has 0 atom stereocenters. The monoisotopic (exact) mass is 395 g/mol. The lowest BCUT2D eigenvalue weighted by Crippen LogP contribution is -2.26. The predicted octanol–water partition coefficient (Wildman–Crippen LogP) is 4.31. The summed E-state index contributed by atoms with van der Waals surface area (Å²) in [6, 6.07) is 10.1. The molecule has 1 aliphatic rings. The van der Waals surface area contributed by atoms with Crippen molar-refractivity contribution in [2.24, 2.45) is 5.73 Å². The fourth-order valence-electron chi connectivity index (χ4n) is 4.48. The molecule has 0 aliphatic carbocycles. The Hall–Kier alpha value is -2.56. The van der Waals surface area contributed by atoms with Crippen LogP contribution in [0.15, 0.2) is 30.3 Å². The van der Waals surface area contributed by atoms with Crippen molar-refractivity contribution < 1.29 is 9.59 Å². The SMILES string of the molecule is CCCCCc1c(-c2ccccc2)c(C(N)=O)c(C)n1CCCN1CCCC1=O. The molecule has 3 rings (SSSR count). The number of rotatable bonds is 10. The summed E-state index contributed by atoms with van der Waals surface area (Å²) in [6.07, 6.45) is 6.85. The zero-order valence-corrected chi connectivity index (χ0v) is 17.7. The van der Waals surface area contributed by atoms with E-state index in [1.165, 1.54) is 5.69 Å². The van der Waals surface area contributed by atoms with Gasteiger partial charge in [-0.2, -0.15) is 0 Å². The quantitative estimate of drug-likeness (QED) is 0.609. The van der Waals surface area contributed by atoms with E-state index in [0.717, 1.165) is 75.0 Å². The first-order chi connectivity index (χ1) is 14.0. The molecule has 2 amide bonds. The topological polar surface area (TPSA) is 68.3 Å². The molecule has 1 aromatic carbocycles. The van der Waals surface area contributed by atoms with E-state index in [9.17, 15) is 9.59 Å². The summed E-state index contributed by atoms with van der Waals surface area (Å²) in [5, 5.41) is 0. The van der Waals surface area contributed by atoms with Crippen LogP contribution in [0.1, 0.15) is 67.2 Å². The Morgan fingerprint density at radius 1 is 1.10 bits per heavy atom. The molecule has 1 aliphatic heterocycles. The number of primary amides is 1. The van der Waals surface area contributed by atoms with Crippen molar-refractivity contribution in [3.05, 3.63) is 47.3 Å². The normalized spacial score (nSPS) is 14.0. The van der Waals surface area contributed by atoms with Crippen LogP contribution in [0, 0.1) is 6.92 Å². The van der Waals surface area contributed by atoms with Crippen molar-refractivity contribution in [1.82, 2.24) is 9.47 Å². The van der Waals surface area contributed by atoms with Crippen LogP contribution in [-0.4, -0.2) is 34.4 Å². The largest absolute Gasteiger partial charge is 0.366 e. The average molecular weight is 396 g/mol. The van der Waals surface area contributed by atoms with Gasteiger partial charge in [-0.15, -0.1) is 0 Å². The Morgan fingerprint density at radius 2 is 1.86 bits per heavy atom. The first-order valence-corrected chi connectivity index (χ1v) is 10.9. The summed E-state index contributed by atoms with van der Waals surface area (Å²) in [4.78, 5) is 26.3. The number of hydrogen-bond acceptors (Lipinski definition) is 2. The summed E-state index contributed by atoms with van der Waals surface area (Å²) in [5.41, 5.74) is 10.6. The molecule has 0 saturated carbocycles. The van der Waals surface area contributed by atoms with Gasteiger partial charge in [0, 0.05) is 43.0 Å². The minimum absolute atomic E-state index is 0.264. The zero-order chi connectivity index (χ0) is 20.8. The number of unbranched alkanes of at least 4 members (excludes halogenated alkanes) is 2. The molecule has 156 valence electrons. The fraction of sp³-hybridized carbons (Fsp3) is 0.500. The second-order valence-corrected chi connectivity index (χ2v) is 7.96. The zero-order valence-electron chi connectivity index (χ0n) is 17.7. The molecule has 0 unspecified atom stereocenters. The number of nitrogens with two attached hydrogens (primary N) is 1. The van der Waals surface area contributed by atoms with Crippen LogP contribution in [0.5, 0.6) is 0 Å². The minimum Gasteiger partial charge on any atom is -0.366 e. The maximum Gasteiger partial charge on any atom is 0.251 e. The summed E-state index contributed by atoms with van der Waals surface area (Å²) in [6.45, 7) is 6.64. The van der Waals surface area contributed by atoms with Gasteiger partial charge in [0.05, 0.1) is 5.56 Å². The number of likely N-dealkylation sites (tertiary alicyclic amines) is 1. The highest BCUT2D eigenvalue weighted by molar-refractivity contribution is 6.02. The Kier molecular flexibility index (Phi) is 7.13. The first kappa shape index (κ1) is 21.2. The lowest BCUT2D eigenvalue weighted by molar-refractivity contribution is -0.127. The van der Waals surface area contributed by atoms with E-state index < -0.39 is 0 Å². The van der Waals surface area contributed by atoms with E-state index in [1.54, 1.807) is 0 Å². The van der Waals surface area contributed by atoms with Crippen LogP contribution in [0.3, 0.4) is 0 Å². The fourth-order valence-corrected chi connectivity index (χ4v) is 4.48. The molecule has 5 heteroatoms. The van der Waals surface area contributed by atoms with Crippen molar-refractivity contribution in [2.75, 3.05) is 13.1 Å². The van der Waals surface area contributed by atoms with Gasteiger partial charge < -0.3 is 15.2 Å². The number of amides is 2. The van der Waals surface area contributed by atoms with E-state index in [2.05, 4.69) is 23.6 Å². The van der Waals surface area contributed by atoms with Gasteiger partial charge in [0.2, 0.25) is 5.91 Å². The van der Waals surface area contributed by atoms with Crippen molar-refractivity contribution in [3.63, 3.8) is 0 Å². The third kappa shape index (κ3) is 4.72. The number of benzene rings is 1. The molecule has 2 N–H and O–H groups in total. The van der Waals surface area contributed by atoms with Crippen LogP contribution in [0.2, 0.25) is 0 Å². The molecule has 1 aromatic heterocycles. The lowest BCUT2D eigenvalue weighted by Gasteiger charge is -2.18. The van der Waals surface area contributed by atoms with Crippen LogP contribution in [-0.2, 0) is 17.8 Å². The summed E-state index contributed by atoms with van der Waals surface area (Å²) >= 11 is 0. The number of carbonyl (C=O) groups is 2. The molecule has 0 spiro atoms. The number of aromatic nitrogens is 1.